The molecule has 1 atom stereocenters. The van der Waals surface area contributed by atoms with Gasteiger partial charge in [-0.05, 0) is 77.9 Å². The molecule has 36 heavy (non-hydrogen) atoms. The number of hydrogen-bond acceptors (Lipinski definition) is 7. The van der Waals surface area contributed by atoms with Crippen molar-refractivity contribution in [2.45, 2.75) is 62.1 Å². The summed E-state index contributed by atoms with van der Waals surface area (Å²) in [7, 11) is 0. The number of esters is 1. The summed E-state index contributed by atoms with van der Waals surface area (Å²) in [6, 6.07) is 11.1. The van der Waals surface area contributed by atoms with E-state index < -0.39 is 12.0 Å². The number of nitrogens with zero attached hydrogens (tertiary/aromatic N) is 3. The highest BCUT2D eigenvalue weighted by atomic mass is 79.9. The molecule has 0 saturated heterocycles. The fraction of sp³-hybridized carbons (Fsp3) is 0.346. The third kappa shape index (κ3) is 5.15. The van der Waals surface area contributed by atoms with Crippen molar-refractivity contribution in [2.24, 2.45) is 0 Å². The van der Waals surface area contributed by atoms with Gasteiger partial charge >= 0.3 is 5.97 Å². The van der Waals surface area contributed by atoms with Crippen LogP contribution in [0.5, 0.6) is 5.75 Å². The molecule has 2 N–H and O–H groups in total. The highest BCUT2D eigenvalue weighted by molar-refractivity contribution is 9.10. The zero-order valence-electron chi connectivity index (χ0n) is 19.7. The van der Waals surface area contributed by atoms with Gasteiger partial charge in [0, 0.05) is 11.4 Å². The third-order valence-electron chi connectivity index (χ3n) is 6.48. The van der Waals surface area contributed by atoms with E-state index in [0.29, 0.717) is 43.7 Å². The summed E-state index contributed by atoms with van der Waals surface area (Å²) in [5, 5.41) is 18.7. The smallest absolute Gasteiger partial charge is 0.338 e. The first-order chi connectivity index (χ1) is 17.4. The molecule has 1 aromatic heterocycles. The zero-order valence-corrected chi connectivity index (χ0v) is 22.1. The SMILES string of the molecule is CC1=C(C(=O)OC2CCCCC2)C(c2ccc(Br)c(O)c2)n2nc(SCc3ccccc3F)nc2N1. The van der Waals surface area contributed by atoms with Gasteiger partial charge in [-0.3, -0.25) is 0 Å². The van der Waals surface area contributed by atoms with E-state index in [1.165, 1.54) is 17.8 Å². The lowest BCUT2D eigenvalue weighted by Crippen LogP contribution is -2.32. The van der Waals surface area contributed by atoms with Crippen LogP contribution in [0.3, 0.4) is 0 Å². The molecule has 0 radical (unpaired) electrons. The number of fused-ring (bicyclic) bond motifs is 1. The maximum Gasteiger partial charge on any atom is 0.338 e. The average molecular weight is 573 g/mol. The van der Waals surface area contributed by atoms with E-state index in [9.17, 15) is 14.3 Å². The van der Waals surface area contributed by atoms with Crippen molar-refractivity contribution in [3.8, 4) is 5.75 Å². The molecule has 2 aromatic carbocycles. The number of carbonyl (C=O) groups excluding carboxylic acids is 1. The lowest BCUT2D eigenvalue weighted by atomic mass is 9.94. The van der Waals surface area contributed by atoms with Crippen LogP contribution in [-0.2, 0) is 15.3 Å². The fourth-order valence-electron chi connectivity index (χ4n) is 4.62. The maximum absolute atomic E-state index is 14.1. The van der Waals surface area contributed by atoms with Crippen molar-refractivity contribution in [2.75, 3.05) is 5.32 Å². The number of allylic oxidation sites excluding steroid dienone is 1. The van der Waals surface area contributed by atoms with Crippen molar-refractivity contribution in [3.05, 3.63) is 75.2 Å². The number of anilines is 1. The first-order valence-corrected chi connectivity index (χ1v) is 13.7. The molecule has 1 aliphatic carbocycles. The summed E-state index contributed by atoms with van der Waals surface area (Å²) < 4.78 is 22.2. The van der Waals surface area contributed by atoms with Crippen molar-refractivity contribution in [3.63, 3.8) is 0 Å². The highest BCUT2D eigenvalue weighted by Crippen LogP contribution is 2.39. The minimum atomic E-state index is -0.647. The minimum Gasteiger partial charge on any atom is -0.507 e. The van der Waals surface area contributed by atoms with Crippen LogP contribution in [0.15, 0.2) is 63.4 Å². The van der Waals surface area contributed by atoms with Gasteiger partial charge in [0.2, 0.25) is 11.1 Å². The molecule has 1 fully saturated rings. The van der Waals surface area contributed by atoms with E-state index in [1.54, 1.807) is 35.0 Å². The molecule has 1 aliphatic heterocycles. The van der Waals surface area contributed by atoms with Crippen molar-refractivity contribution < 1.29 is 19.0 Å². The van der Waals surface area contributed by atoms with E-state index in [-0.39, 0.29) is 17.7 Å². The Hall–Kier alpha value is -2.85. The van der Waals surface area contributed by atoms with Crippen molar-refractivity contribution >= 4 is 39.6 Å². The Morgan fingerprint density at radius 2 is 2.03 bits per heavy atom. The summed E-state index contributed by atoms with van der Waals surface area (Å²) in [5.74, 6) is 0.203. The number of carbonyl (C=O) groups is 1. The molecule has 3 aromatic rings. The first kappa shape index (κ1) is 24.8. The van der Waals surface area contributed by atoms with E-state index in [4.69, 9.17) is 4.74 Å². The number of phenols is 1. The topological polar surface area (TPSA) is 89.3 Å². The van der Waals surface area contributed by atoms with Crippen LogP contribution >= 0.6 is 27.7 Å². The van der Waals surface area contributed by atoms with Gasteiger partial charge < -0.3 is 15.2 Å². The summed E-state index contributed by atoms with van der Waals surface area (Å²) in [4.78, 5) is 18.1. The van der Waals surface area contributed by atoms with E-state index in [2.05, 4.69) is 31.3 Å². The number of aromatic hydroxyl groups is 1. The molecular weight excluding hydrogens is 547 g/mol. The lowest BCUT2D eigenvalue weighted by Gasteiger charge is -2.30. The van der Waals surface area contributed by atoms with Crippen molar-refractivity contribution in [1.29, 1.82) is 0 Å². The van der Waals surface area contributed by atoms with Gasteiger partial charge in [0.15, 0.2) is 0 Å². The van der Waals surface area contributed by atoms with Gasteiger partial charge in [-0.1, -0.05) is 42.4 Å². The predicted octanol–water partition coefficient (Wildman–Crippen LogP) is 6.34. The second-order valence-corrected chi connectivity index (χ2v) is 10.8. The number of rotatable bonds is 6. The quantitative estimate of drug-likeness (QED) is 0.263. The molecule has 0 spiro atoms. The molecule has 7 nitrogen and oxygen atoms in total. The second kappa shape index (κ2) is 10.6. The monoisotopic (exact) mass is 572 g/mol. The van der Waals surface area contributed by atoms with E-state index in [0.717, 1.165) is 32.1 Å². The van der Waals surface area contributed by atoms with Crippen molar-refractivity contribution in [1.82, 2.24) is 14.8 Å². The Morgan fingerprint density at radius 3 is 2.78 bits per heavy atom. The Morgan fingerprint density at radius 1 is 1.25 bits per heavy atom. The van der Waals surface area contributed by atoms with Gasteiger partial charge in [0.1, 0.15) is 23.7 Å². The predicted molar refractivity (Wildman–Crippen MR) is 139 cm³/mol. The minimum absolute atomic E-state index is 0.0551. The summed E-state index contributed by atoms with van der Waals surface area (Å²) in [5.41, 5.74) is 2.27. The van der Waals surface area contributed by atoms with Gasteiger partial charge in [0.25, 0.3) is 0 Å². The normalized spacial score (nSPS) is 18.0. The summed E-state index contributed by atoms with van der Waals surface area (Å²) in [6.45, 7) is 1.81. The van der Waals surface area contributed by atoms with Crippen LogP contribution in [0.4, 0.5) is 10.3 Å². The molecule has 2 heterocycles. The molecule has 10 heteroatoms. The number of benzene rings is 2. The highest BCUT2D eigenvalue weighted by Gasteiger charge is 2.36. The summed E-state index contributed by atoms with van der Waals surface area (Å²) in [6.07, 6.45) is 4.88. The third-order valence-corrected chi connectivity index (χ3v) is 8.04. The van der Waals surface area contributed by atoms with Crippen LogP contribution in [0.2, 0.25) is 0 Å². The van der Waals surface area contributed by atoms with Gasteiger partial charge in [-0.15, -0.1) is 5.10 Å². The van der Waals surface area contributed by atoms with Gasteiger partial charge in [-0.25, -0.2) is 13.9 Å². The Balaban J connectivity index is 1.48. The molecule has 0 amide bonds. The molecule has 0 bridgehead atoms. The van der Waals surface area contributed by atoms with Gasteiger partial charge in [-0.2, -0.15) is 4.98 Å². The average Bonchev–Trinajstić information content (AvgIpc) is 3.27. The molecule has 1 unspecified atom stereocenters. The number of ether oxygens (including phenoxy) is 1. The molecule has 188 valence electrons. The number of hydrogen-bond donors (Lipinski definition) is 2. The Bertz CT molecular complexity index is 1320. The Labute approximate surface area is 221 Å². The fourth-order valence-corrected chi connectivity index (χ4v) is 5.68. The van der Waals surface area contributed by atoms with Crippen LogP contribution in [0.1, 0.15) is 56.2 Å². The molecule has 1 saturated carbocycles. The number of nitrogens with one attached hydrogen (secondary N) is 1. The maximum atomic E-state index is 14.1. The lowest BCUT2D eigenvalue weighted by molar-refractivity contribution is -0.146. The number of halogens is 2. The zero-order chi connectivity index (χ0) is 25.2. The number of phenolic OH excluding ortho intramolecular Hbond substituents is 1. The van der Waals surface area contributed by atoms with Gasteiger partial charge in [0.05, 0.1) is 10.0 Å². The van der Waals surface area contributed by atoms with Crippen LogP contribution in [0, 0.1) is 5.82 Å². The molecule has 2 aliphatic rings. The number of thioether (sulfide) groups is 1. The first-order valence-electron chi connectivity index (χ1n) is 11.9. The standard InChI is InChI=1S/C26H26BrFN4O3S/c1-15-22(24(34)35-18-8-3-2-4-9-18)23(16-11-12-19(27)21(33)13-16)32-25(29-15)30-26(31-32)36-14-17-7-5-6-10-20(17)28/h5-7,10-13,18,23,33H,2-4,8-9,14H2,1H3,(H,29,30,31). The largest absolute Gasteiger partial charge is 0.507 e. The number of aromatic nitrogens is 3. The summed E-state index contributed by atoms with van der Waals surface area (Å²) >= 11 is 4.63. The van der Waals surface area contributed by atoms with Crippen LogP contribution in [-0.4, -0.2) is 31.9 Å². The second-order valence-electron chi connectivity index (χ2n) is 8.99. The van der Waals surface area contributed by atoms with Crippen LogP contribution < -0.4 is 5.32 Å². The Kier molecular flexibility index (Phi) is 7.34. The molecule has 5 rings (SSSR count). The van der Waals surface area contributed by atoms with E-state index >= 15 is 0 Å². The molecular formula is C26H26BrFN4O3S. The van der Waals surface area contributed by atoms with E-state index in [1.807, 2.05) is 13.0 Å². The van der Waals surface area contributed by atoms with Crippen LogP contribution in [0.25, 0.3) is 0 Å².